The van der Waals surface area contributed by atoms with Gasteiger partial charge in [-0.1, -0.05) is 5.16 Å². The van der Waals surface area contributed by atoms with Gasteiger partial charge in [0.2, 0.25) is 5.89 Å². The number of likely N-dealkylation sites (tertiary alicyclic amines) is 1. The first kappa shape index (κ1) is 16.9. The Labute approximate surface area is 143 Å². The summed E-state index contributed by atoms with van der Waals surface area (Å²) in [4.78, 5) is 29.1. The number of benzene rings is 1. The SMILES string of the molecule is COc1ccc(C(=O)N2CCC(c3nc(C)no3)CC2)cc1[N+](=O)[O-]. The summed E-state index contributed by atoms with van der Waals surface area (Å²) in [5, 5.41) is 14.9. The van der Waals surface area contributed by atoms with E-state index in [1.54, 1.807) is 17.9 Å². The molecule has 1 fully saturated rings. The number of nitrogens with zero attached hydrogens (tertiary/aromatic N) is 4. The van der Waals surface area contributed by atoms with E-state index in [0.717, 1.165) is 0 Å². The van der Waals surface area contributed by atoms with E-state index in [9.17, 15) is 14.9 Å². The van der Waals surface area contributed by atoms with Crippen LogP contribution in [0.1, 0.15) is 40.8 Å². The van der Waals surface area contributed by atoms with Crippen molar-refractivity contribution in [2.45, 2.75) is 25.7 Å². The number of ether oxygens (including phenoxy) is 1. The van der Waals surface area contributed by atoms with Crippen LogP contribution in [0.2, 0.25) is 0 Å². The Morgan fingerprint density at radius 2 is 2.12 bits per heavy atom. The molecule has 132 valence electrons. The van der Waals surface area contributed by atoms with Crippen LogP contribution in [0.15, 0.2) is 22.7 Å². The van der Waals surface area contributed by atoms with E-state index in [4.69, 9.17) is 9.26 Å². The quantitative estimate of drug-likeness (QED) is 0.617. The fourth-order valence-electron chi connectivity index (χ4n) is 2.96. The number of carbonyl (C=O) groups excluding carboxylic acids is 1. The largest absolute Gasteiger partial charge is 0.490 e. The number of hydrogen-bond acceptors (Lipinski definition) is 7. The van der Waals surface area contributed by atoms with Gasteiger partial charge in [0.25, 0.3) is 5.91 Å². The Balaban J connectivity index is 1.70. The summed E-state index contributed by atoms with van der Waals surface area (Å²) in [6, 6.07) is 4.25. The Kier molecular flexibility index (Phi) is 4.64. The maximum atomic E-state index is 12.6. The Hall–Kier alpha value is -2.97. The molecule has 1 amide bonds. The van der Waals surface area contributed by atoms with Gasteiger partial charge in [-0.3, -0.25) is 14.9 Å². The number of aryl methyl sites for hydroxylation is 1. The van der Waals surface area contributed by atoms with Crippen molar-refractivity contribution in [3.8, 4) is 5.75 Å². The lowest BCUT2D eigenvalue weighted by molar-refractivity contribution is -0.385. The Bertz CT molecular complexity index is 796. The lowest BCUT2D eigenvalue weighted by Crippen LogP contribution is -2.38. The van der Waals surface area contributed by atoms with Crippen LogP contribution in [0.4, 0.5) is 5.69 Å². The number of nitro benzene ring substituents is 1. The monoisotopic (exact) mass is 346 g/mol. The number of amides is 1. The van der Waals surface area contributed by atoms with Crippen LogP contribution in [0.5, 0.6) is 5.75 Å². The predicted octanol–water partition coefficient (Wildman–Crippen LogP) is 2.31. The van der Waals surface area contributed by atoms with Gasteiger partial charge in [-0.2, -0.15) is 4.98 Å². The molecule has 0 saturated carbocycles. The number of rotatable bonds is 4. The molecule has 9 heteroatoms. The lowest BCUT2D eigenvalue weighted by atomic mass is 9.96. The van der Waals surface area contributed by atoms with Crippen LogP contribution in [-0.2, 0) is 0 Å². The van der Waals surface area contributed by atoms with Gasteiger partial charge in [-0.25, -0.2) is 0 Å². The molecule has 0 atom stereocenters. The molecule has 1 aliphatic heterocycles. The first-order valence-corrected chi connectivity index (χ1v) is 7.91. The highest BCUT2D eigenvalue weighted by Crippen LogP contribution is 2.30. The Morgan fingerprint density at radius 3 is 2.68 bits per heavy atom. The van der Waals surface area contributed by atoms with Crippen LogP contribution >= 0.6 is 0 Å². The van der Waals surface area contributed by atoms with Crippen LogP contribution in [0, 0.1) is 17.0 Å². The minimum atomic E-state index is -0.556. The maximum absolute atomic E-state index is 12.6. The van der Waals surface area contributed by atoms with E-state index in [0.29, 0.717) is 37.6 Å². The summed E-state index contributed by atoms with van der Waals surface area (Å²) in [5.74, 6) is 1.23. The van der Waals surface area contributed by atoms with Crippen LogP contribution < -0.4 is 4.74 Å². The van der Waals surface area contributed by atoms with E-state index in [1.165, 1.54) is 19.2 Å². The molecule has 9 nitrogen and oxygen atoms in total. The van der Waals surface area contributed by atoms with E-state index < -0.39 is 4.92 Å². The molecule has 1 saturated heterocycles. The van der Waals surface area contributed by atoms with E-state index >= 15 is 0 Å². The van der Waals surface area contributed by atoms with Gasteiger partial charge in [0.1, 0.15) is 0 Å². The van der Waals surface area contributed by atoms with Gasteiger partial charge < -0.3 is 14.2 Å². The van der Waals surface area contributed by atoms with Crippen molar-refractivity contribution in [2.75, 3.05) is 20.2 Å². The molecule has 25 heavy (non-hydrogen) atoms. The van der Waals surface area contributed by atoms with Crippen LogP contribution in [-0.4, -0.2) is 46.1 Å². The number of nitro groups is 1. The van der Waals surface area contributed by atoms with Crippen LogP contribution in [0.25, 0.3) is 0 Å². The van der Waals surface area contributed by atoms with Gasteiger partial charge in [-0.05, 0) is 31.9 Å². The lowest BCUT2D eigenvalue weighted by Gasteiger charge is -2.30. The molecule has 1 aromatic carbocycles. The molecule has 0 unspecified atom stereocenters. The summed E-state index contributed by atoms with van der Waals surface area (Å²) in [7, 11) is 1.36. The van der Waals surface area contributed by atoms with Gasteiger partial charge in [0, 0.05) is 30.6 Å². The van der Waals surface area contributed by atoms with E-state index in [2.05, 4.69) is 10.1 Å². The molecule has 1 aromatic heterocycles. The second-order valence-electron chi connectivity index (χ2n) is 5.89. The van der Waals surface area contributed by atoms with Crippen molar-refractivity contribution in [1.29, 1.82) is 0 Å². The third-order valence-corrected chi connectivity index (χ3v) is 4.30. The first-order valence-electron chi connectivity index (χ1n) is 7.91. The van der Waals surface area contributed by atoms with Crippen LogP contribution in [0.3, 0.4) is 0 Å². The predicted molar refractivity (Wildman–Crippen MR) is 86.6 cm³/mol. The smallest absolute Gasteiger partial charge is 0.311 e. The minimum Gasteiger partial charge on any atom is -0.490 e. The molecule has 2 heterocycles. The fourth-order valence-corrected chi connectivity index (χ4v) is 2.96. The van der Waals surface area contributed by atoms with Gasteiger partial charge >= 0.3 is 5.69 Å². The summed E-state index contributed by atoms with van der Waals surface area (Å²) >= 11 is 0. The molecule has 2 aromatic rings. The summed E-state index contributed by atoms with van der Waals surface area (Å²) < 4.78 is 10.2. The van der Waals surface area contributed by atoms with Crippen molar-refractivity contribution in [2.24, 2.45) is 0 Å². The molecule has 1 aliphatic rings. The number of hydrogen-bond donors (Lipinski definition) is 0. The number of piperidine rings is 1. The van der Waals surface area contributed by atoms with E-state index in [-0.39, 0.29) is 28.8 Å². The van der Waals surface area contributed by atoms with Gasteiger partial charge in [0.15, 0.2) is 11.6 Å². The number of methoxy groups -OCH3 is 1. The van der Waals surface area contributed by atoms with E-state index in [1.807, 2.05) is 0 Å². The molecule has 0 bridgehead atoms. The second kappa shape index (κ2) is 6.88. The van der Waals surface area contributed by atoms with Crippen molar-refractivity contribution in [3.05, 3.63) is 45.6 Å². The fraction of sp³-hybridized carbons (Fsp3) is 0.438. The highest BCUT2D eigenvalue weighted by Gasteiger charge is 2.28. The average Bonchev–Trinajstić information content (AvgIpc) is 3.07. The third kappa shape index (κ3) is 3.44. The molecule has 0 spiro atoms. The van der Waals surface area contributed by atoms with Gasteiger partial charge in [0.05, 0.1) is 12.0 Å². The topological polar surface area (TPSA) is 112 Å². The summed E-state index contributed by atoms with van der Waals surface area (Å²) in [5.41, 5.74) is 0.0594. The Morgan fingerprint density at radius 1 is 1.40 bits per heavy atom. The van der Waals surface area contributed by atoms with Crippen molar-refractivity contribution in [1.82, 2.24) is 15.0 Å². The molecule has 0 aliphatic carbocycles. The van der Waals surface area contributed by atoms with Gasteiger partial charge in [-0.15, -0.1) is 0 Å². The summed E-state index contributed by atoms with van der Waals surface area (Å²) in [6.45, 7) is 2.83. The molecular formula is C16H18N4O5. The zero-order valence-electron chi connectivity index (χ0n) is 14.0. The molecule has 0 N–H and O–H groups in total. The number of aromatic nitrogens is 2. The molecule has 0 radical (unpaired) electrons. The average molecular weight is 346 g/mol. The van der Waals surface area contributed by atoms with Crippen molar-refractivity contribution in [3.63, 3.8) is 0 Å². The zero-order valence-corrected chi connectivity index (χ0v) is 14.0. The minimum absolute atomic E-state index is 0.132. The molecule has 3 rings (SSSR count). The molecular weight excluding hydrogens is 328 g/mol. The third-order valence-electron chi connectivity index (χ3n) is 4.30. The standard InChI is InChI=1S/C16H18N4O5/c1-10-17-15(25-18-10)11-5-7-19(8-6-11)16(21)12-3-4-14(24-2)13(9-12)20(22)23/h3-4,9,11H,5-8H2,1-2H3. The van der Waals surface area contributed by atoms with Crippen molar-refractivity contribution >= 4 is 11.6 Å². The maximum Gasteiger partial charge on any atom is 0.311 e. The normalized spacial score (nSPS) is 15.2. The second-order valence-corrected chi connectivity index (χ2v) is 5.89. The van der Waals surface area contributed by atoms with Crippen molar-refractivity contribution < 1.29 is 19.0 Å². The highest BCUT2D eigenvalue weighted by atomic mass is 16.6. The highest BCUT2D eigenvalue weighted by molar-refractivity contribution is 5.95. The summed E-state index contributed by atoms with van der Waals surface area (Å²) in [6.07, 6.45) is 1.43. The number of carbonyl (C=O) groups is 1. The first-order chi connectivity index (χ1) is 12.0. The zero-order chi connectivity index (χ0) is 18.0.